The molecule has 2 aromatic carbocycles. The van der Waals surface area contributed by atoms with E-state index in [1.807, 2.05) is 83.6 Å². The number of pyridine rings is 1. The number of carbonyl (C=O) groups is 1. The average molecular weight is 353 g/mol. The minimum atomic E-state index is 0.107. The Hall–Kier alpha value is -2.26. The van der Waals surface area contributed by atoms with E-state index in [1.54, 1.807) is 0 Å². The summed E-state index contributed by atoms with van der Waals surface area (Å²) in [5.74, 6) is 0.107. The highest BCUT2D eigenvalue weighted by atomic mass is 79.9. The van der Waals surface area contributed by atoms with Crippen molar-refractivity contribution < 1.29 is 9.36 Å². The van der Waals surface area contributed by atoms with Crippen molar-refractivity contribution in [1.82, 2.24) is 0 Å². The van der Waals surface area contributed by atoms with Gasteiger partial charge in [-0.2, -0.15) is 4.57 Å². The molecule has 22 heavy (non-hydrogen) atoms. The molecule has 1 heterocycles. The summed E-state index contributed by atoms with van der Waals surface area (Å²) in [6.07, 6.45) is 1.94. The van der Waals surface area contributed by atoms with Gasteiger partial charge in [0, 0.05) is 27.7 Å². The molecule has 0 atom stereocenters. The highest BCUT2D eigenvalue weighted by Gasteiger charge is 2.17. The van der Waals surface area contributed by atoms with Crippen molar-refractivity contribution in [3.05, 3.63) is 89.0 Å². The minimum absolute atomic E-state index is 0.107. The molecule has 0 bridgehead atoms. The first-order chi connectivity index (χ1) is 10.7. The molecule has 108 valence electrons. The molecular formula is C19H15BrNO+. The molecule has 3 aromatic rings. The predicted molar refractivity (Wildman–Crippen MR) is 90.5 cm³/mol. The number of hydrogen-bond donors (Lipinski definition) is 0. The summed E-state index contributed by atoms with van der Waals surface area (Å²) >= 11 is 3.45. The number of hydrogen-bond acceptors (Lipinski definition) is 1. The van der Waals surface area contributed by atoms with Gasteiger partial charge in [0.1, 0.15) is 0 Å². The van der Waals surface area contributed by atoms with Gasteiger partial charge in [0.25, 0.3) is 0 Å². The molecule has 0 aliphatic heterocycles. The molecular weight excluding hydrogens is 338 g/mol. The minimum Gasteiger partial charge on any atom is -0.287 e. The van der Waals surface area contributed by atoms with Crippen LogP contribution in [-0.4, -0.2) is 5.78 Å². The van der Waals surface area contributed by atoms with E-state index in [2.05, 4.69) is 15.9 Å². The van der Waals surface area contributed by atoms with Gasteiger partial charge < -0.3 is 0 Å². The normalized spacial score (nSPS) is 10.4. The first-order valence-electron chi connectivity index (χ1n) is 7.07. The maximum absolute atomic E-state index is 12.4. The first kappa shape index (κ1) is 14.7. The van der Waals surface area contributed by atoms with Crippen LogP contribution in [0.15, 0.2) is 83.5 Å². The van der Waals surface area contributed by atoms with E-state index >= 15 is 0 Å². The molecule has 0 aliphatic carbocycles. The Morgan fingerprint density at radius 1 is 0.864 bits per heavy atom. The Morgan fingerprint density at radius 2 is 1.55 bits per heavy atom. The van der Waals surface area contributed by atoms with Gasteiger partial charge in [-0.05, 0) is 30.3 Å². The van der Waals surface area contributed by atoms with E-state index in [1.165, 1.54) is 0 Å². The van der Waals surface area contributed by atoms with Crippen LogP contribution in [0, 0.1) is 0 Å². The van der Waals surface area contributed by atoms with Crippen molar-refractivity contribution in [3.63, 3.8) is 0 Å². The van der Waals surface area contributed by atoms with Crippen molar-refractivity contribution >= 4 is 21.7 Å². The van der Waals surface area contributed by atoms with E-state index < -0.39 is 0 Å². The quantitative estimate of drug-likeness (QED) is 0.506. The SMILES string of the molecule is O=C(C[n+]1ccccc1-c1ccc(Br)cc1)c1ccccc1. The lowest BCUT2D eigenvalue weighted by molar-refractivity contribution is -0.672. The third-order valence-electron chi connectivity index (χ3n) is 3.49. The molecule has 3 heteroatoms. The van der Waals surface area contributed by atoms with Crippen LogP contribution in [-0.2, 0) is 6.54 Å². The van der Waals surface area contributed by atoms with Gasteiger partial charge >= 0.3 is 0 Å². The Morgan fingerprint density at radius 3 is 2.27 bits per heavy atom. The van der Waals surface area contributed by atoms with Crippen molar-refractivity contribution in [3.8, 4) is 11.3 Å². The lowest BCUT2D eigenvalue weighted by Gasteiger charge is -2.04. The third kappa shape index (κ3) is 3.31. The zero-order valence-corrected chi connectivity index (χ0v) is 13.5. The van der Waals surface area contributed by atoms with Crippen molar-refractivity contribution in [1.29, 1.82) is 0 Å². The standard InChI is InChI=1S/C19H15BrNO/c20-17-11-9-15(10-12-17)18-8-4-5-13-21(18)14-19(22)16-6-2-1-3-7-16/h1-13H,14H2/q+1. The molecule has 0 radical (unpaired) electrons. The van der Waals surface area contributed by atoms with Gasteiger partial charge in [0.05, 0.1) is 0 Å². The van der Waals surface area contributed by atoms with Crippen LogP contribution in [0.5, 0.6) is 0 Å². The fraction of sp³-hybridized carbons (Fsp3) is 0.0526. The highest BCUT2D eigenvalue weighted by molar-refractivity contribution is 9.10. The topological polar surface area (TPSA) is 20.9 Å². The average Bonchev–Trinajstić information content (AvgIpc) is 2.57. The molecule has 0 N–H and O–H groups in total. The third-order valence-corrected chi connectivity index (χ3v) is 4.02. The number of carbonyl (C=O) groups excluding carboxylic acids is 1. The Bertz CT molecular complexity index is 782. The van der Waals surface area contributed by atoms with Crippen LogP contribution >= 0.6 is 15.9 Å². The number of halogens is 1. The molecule has 0 aliphatic rings. The predicted octanol–water partition coefficient (Wildman–Crippen LogP) is 4.29. The maximum atomic E-state index is 12.4. The van der Waals surface area contributed by atoms with Crippen molar-refractivity contribution in [2.45, 2.75) is 6.54 Å². The van der Waals surface area contributed by atoms with E-state index in [0.717, 1.165) is 21.3 Å². The van der Waals surface area contributed by atoms with Crippen LogP contribution in [0.1, 0.15) is 10.4 Å². The molecule has 0 saturated carbocycles. The Balaban J connectivity index is 1.92. The molecule has 3 rings (SSSR count). The van der Waals surface area contributed by atoms with Crippen LogP contribution in [0.4, 0.5) is 0 Å². The van der Waals surface area contributed by atoms with Gasteiger partial charge in [-0.3, -0.25) is 4.79 Å². The second-order valence-corrected chi connectivity index (χ2v) is 5.93. The lowest BCUT2D eigenvalue weighted by atomic mass is 10.1. The van der Waals surface area contributed by atoms with E-state index in [4.69, 9.17) is 0 Å². The molecule has 0 saturated heterocycles. The molecule has 0 fully saturated rings. The van der Waals surface area contributed by atoms with Crippen LogP contribution < -0.4 is 4.57 Å². The van der Waals surface area contributed by atoms with Crippen molar-refractivity contribution in [2.24, 2.45) is 0 Å². The number of nitrogens with zero attached hydrogens (tertiary/aromatic N) is 1. The summed E-state index contributed by atoms with van der Waals surface area (Å²) in [6.45, 7) is 0.330. The second kappa shape index (κ2) is 6.67. The van der Waals surface area contributed by atoms with Crippen LogP contribution in [0.25, 0.3) is 11.3 Å². The van der Waals surface area contributed by atoms with Crippen LogP contribution in [0.2, 0.25) is 0 Å². The molecule has 2 nitrogen and oxygen atoms in total. The van der Waals surface area contributed by atoms with Gasteiger partial charge in [0.15, 0.2) is 6.20 Å². The number of aromatic nitrogens is 1. The summed E-state index contributed by atoms with van der Waals surface area (Å²) in [5, 5.41) is 0. The second-order valence-electron chi connectivity index (χ2n) is 5.01. The molecule has 0 spiro atoms. The largest absolute Gasteiger partial charge is 0.287 e. The fourth-order valence-corrected chi connectivity index (χ4v) is 2.63. The maximum Gasteiger partial charge on any atom is 0.227 e. The smallest absolute Gasteiger partial charge is 0.227 e. The Labute approximate surface area is 138 Å². The van der Waals surface area contributed by atoms with Gasteiger partial charge in [0.2, 0.25) is 18.0 Å². The number of benzene rings is 2. The Kier molecular flexibility index (Phi) is 4.45. The lowest BCUT2D eigenvalue weighted by Crippen LogP contribution is -2.39. The number of rotatable bonds is 4. The first-order valence-corrected chi connectivity index (χ1v) is 7.86. The summed E-state index contributed by atoms with van der Waals surface area (Å²) in [4.78, 5) is 12.4. The zero-order chi connectivity index (χ0) is 15.4. The summed E-state index contributed by atoms with van der Waals surface area (Å²) in [7, 11) is 0. The number of Topliss-reactive ketones (excluding diaryl/α,β-unsaturated/α-hetero) is 1. The van der Waals surface area contributed by atoms with Gasteiger partial charge in [-0.15, -0.1) is 0 Å². The summed E-state index contributed by atoms with van der Waals surface area (Å²) in [5.41, 5.74) is 2.85. The van der Waals surface area contributed by atoms with Crippen LogP contribution in [0.3, 0.4) is 0 Å². The van der Waals surface area contributed by atoms with E-state index in [-0.39, 0.29) is 5.78 Å². The number of ketones is 1. The zero-order valence-electron chi connectivity index (χ0n) is 11.9. The summed E-state index contributed by atoms with van der Waals surface area (Å²) in [6, 6.07) is 23.5. The van der Waals surface area contributed by atoms with E-state index in [9.17, 15) is 4.79 Å². The highest BCUT2D eigenvalue weighted by Crippen LogP contribution is 2.18. The molecule has 1 aromatic heterocycles. The summed E-state index contributed by atoms with van der Waals surface area (Å²) < 4.78 is 3.03. The monoisotopic (exact) mass is 352 g/mol. The van der Waals surface area contributed by atoms with E-state index in [0.29, 0.717) is 6.54 Å². The van der Waals surface area contributed by atoms with Gasteiger partial charge in [-0.1, -0.05) is 46.3 Å². The van der Waals surface area contributed by atoms with Gasteiger partial charge in [-0.25, -0.2) is 0 Å². The van der Waals surface area contributed by atoms with Crippen molar-refractivity contribution in [2.75, 3.05) is 0 Å². The fourth-order valence-electron chi connectivity index (χ4n) is 2.37. The molecule has 0 unspecified atom stereocenters. The molecule has 0 amide bonds.